The smallest absolute Gasteiger partial charge is 0.512 e. The second-order valence-corrected chi connectivity index (χ2v) is 36.1. The molecular weight excluding hydrogens is 1980 g/mol. The minimum Gasteiger partial charge on any atom is -0.512 e. The predicted octanol–water partition coefficient (Wildman–Crippen LogP) is 16.6. The minimum atomic E-state index is -3.48. The first-order chi connectivity index (χ1) is 67.6. The maximum atomic E-state index is 12.0. The first kappa shape index (κ1) is 158. The van der Waals surface area contributed by atoms with Gasteiger partial charge in [0.15, 0.2) is 0 Å². The maximum absolute atomic E-state index is 12.0. The number of aliphatic hydroxyl groups excluding tert-OH is 1. The summed E-state index contributed by atoms with van der Waals surface area (Å²) in [7, 11) is -4.82. The molecule has 828 valence electrons. The number of fused-ring (bicyclic) bond motifs is 1. The van der Waals surface area contributed by atoms with Crippen LogP contribution in [0.4, 0.5) is 46.7 Å². The number of carbonyl (C=O) groups is 7. The van der Waals surface area contributed by atoms with E-state index in [1.807, 2.05) is 265 Å². The van der Waals surface area contributed by atoms with E-state index in [0.29, 0.717) is 43.6 Å². The normalized spacial score (nSPS) is 12.8. The monoisotopic (exact) mass is 2150 g/mol. The molecule has 2 aliphatic rings. The zero-order valence-corrected chi connectivity index (χ0v) is 91.0. The van der Waals surface area contributed by atoms with Gasteiger partial charge < -0.3 is 116 Å². The van der Waals surface area contributed by atoms with Crippen LogP contribution in [-0.4, -0.2) is 171 Å². The Labute approximate surface area is 929 Å². The van der Waals surface area contributed by atoms with Gasteiger partial charge in [-0.3, -0.25) is 19.1 Å². The minimum absolute atomic E-state index is 0. The number of hydrogen-bond acceptors (Lipinski definition) is 31. The summed E-state index contributed by atoms with van der Waals surface area (Å²) in [6, 6.07) is 82.2. The van der Waals surface area contributed by atoms with Gasteiger partial charge in [0.05, 0.1) is 68.7 Å². The fourth-order valence-corrected chi connectivity index (χ4v) is 11.1. The van der Waals surface area contributed by atoms with Crippen molar-refractivity contribution in [2.24, 2.45) is 22.9 Å². The fraction of sp³-hybridized carbons (Fsp3) is 0.450. The van der Waals surface area contributed by atoms with Crippen LogP contribution in [0.2, 0.25) is 0 Å². The molecule has 6 amide bonds. The summed E-state index contributed by atoms with van der Waals surface area (Å²) < 4.78 is 55.7. The van der Waals surface area contributed by atoms with Gasteiger partial charge in [-0.25, -0.2) is 24.0 Å². The van der Waals surface area contributed by atoms with Crippen molar-refractivity contribution in [3.05, 3.63) is 265 Å². The second-order valence-electron chi connectivity index (χ2n) is 34.1. The molecule has 8 aromatic carbocycles. The molecule has 2 heterocycles. The van der Waals surface area contributed by atoms with Crippen molar-refractivity contribution in [2.45, 2.75) is 290 Å². The van der Waals surface area contributed by atoms with Crippen molar-refractivity contribution in [3.8, 4) is 24.3 Å². The molecule has 10 atom stereocenters. The summed E-state index contributed by atoms with van der Waals surface area (Å²) in [6.45, 7) is 34.6. The van der Waals surface area contributed by atoms with Crippen LogP contribution in [0.15, 0.2) is 237 Å². The molecule has 0 saturated carbocycles. The number of carbonyl (C=O) groups excluding carboxylic acids is 7. The van der Waals surface area contributed by atoms with Gasteiger partial charge in [-0.05, 0) is 193 Å². The van der Waals surface area contributed by atoms with E-state index >= 15 is 0 Å². The number of para-hydroxylation sites is 4. The molecule has 19 N–H and O–H groups in total. The Bertz CT molecular complexity index is 5010. The molecule has 0 radical (unpaired) electrons. The van der Waals surface area contributed by atoms with E-state index in [9.17, 15) is 42.0 Å². The van der Waals surface area contributed by atoms with Crippen LogP contribution in [-0.2, 0) is 72.1 Å². The Hall–Kier alpha value is -12.6. The number of anilines is 4. The Morgan fingerprint density at radius 3 is 1.13 bits per heavy atom. The molecular formula is C109H170BClN17NaO19S2. The van der Waals surface area contributed by atoms with E-state index in [1.54, 1.807) is 86.6 Å². The molecule has 0 spiro atoms. The molecule has 1 fully saturated rings. The zero-order chi connectivity index (χ0) is 108. The second kappa shape index (κ2) is 97.2. The van der Waals surface area contributed by atoms with E-state index in [4.69, 9.17) is 106 Å². The molecule has 41 heteroatoms. The molecule has 36 nitrogen and oxygen atoms in total. The third kappa shape index (κ3) is 100. The Morgan fingerprint density at radius 1 is 0.493 bits per heavy atom. The number of rotatable bonds is 28. The number of imide groups is 1. The Morgan fingerprint density at radius 2 is 0.820 bits per heavy atom. The SMILES string of the molecule is C.C.C.C.C.C1CCOC1.C[C@@H](CC#N)NC(=O)OC(C)(C)C.C[C@@H](CC#N)Nc1ccccc1.C[C@@H](CC(=O)NC(=O)OCc1ccccc1)Nc1ccccc1.C[C@@H](CC(N)=O)Nc1ccccc1.C[C@@H](COS(C)(=O)=O)NC(=O)OC(C)(C)C.C[C@H](N)CC#N.C[C@H](N)CC#N.C[C@H](N)CO.C[C@H]1C[C@@H](NC(=O)OCc2ccccc2)c2ccccc2N1.O=C(Cl)OCc1ccccc1.OB(O)c1ccccc1.S.[C-]#N.[Na+]. The van der Waals surface area contributed by atoms with Crippen LogP contribution in [0, 0.1) is 57.2 Å². The van der Waals surface area contributed by atoms with Crippen molar-refractivity contribution in [3.63, 3.8) is 0 Å². The number of primary amides is 1. The third-order valence-electron chi connectivity index (χ3n) is 16.9. The quantitative estimate of drug-likeness (QED) is 0.00712. The largest absolute Gasteiger partial charge is 1.00 e. The summed E-state index contributed by atoms with van der Waals surface area (Å²) in [5.41, 5.74) is 27.1. The van der Waals surface area contributed by atoms with Crippen molar-refractivity contribution >= 4 is 112 Å². The molecule has 1 saturated heterocycles. The predicted molar refractivity (Wildman–Crippen MR) is 604 cm³/mol. The Kier molecular flexibility index (Phi) is 102. The van der Waals surface area contributed by atoms with E-state index in [-0.39, 0.29) is 186 Å². The number of aliphatic hydroxyl groups is 1. The van der Waals surface area contributed by atoms with Crippen LogP contribution in [0.1, 0.15) is 227 Å². The van der Waals surface area contributed by atoms with Crippen LogP contribution in [0.5, 0.6) is 0 Å². The van der Waals surface area contributed by atoms with Gasteiger partial charge in [-0.15, -0.1) is 0 Å². The van der Waals surface area contributed by atoms with Gasteiger partial charge in [-0.1, -0.05) is 231 Å². The van der Waals surface area contributed by atoms with Crippen molar-refractivity contribution in [1.82, 2.24) is 21.3 Å². The van der Waals surface area contributed by atoms with Crippen LogP contribution in [0.25, 0.3) is 0 Å². The number of ether oxygens (including phenoxy) is 6. The maximum Gasteiger partial charge on any atom is 1.00 e. The van der Waals surface area contributed by atoms with Gasteiger partial charge in [-0.2, -0.15) is 43.0 Å². The van der Waals surface area contributed by atoms with Crippen LogP contribution in [0.3, 0.4) is 0 Å². The molecule has 0 aromatic heterocycles. The summed E-state index contributed by atoms with van der Waals surface area (Å²) in [4.78, 5) is 78.6. The number of nitriles is 4. The van der Waals surface area contributed by atoms with Gasteiger partial charge in [0.2, 0.25) is 11.8 Å². The number of alkyl carbamates (subject to hydrolysis) is 4. The van der Waals surface area contributed by atoms with Gasteiger partial charge in [0.1, 0.15) is 31.0 Å². The topological polar surface area (TPSA) is 598 Å². The molecule has 0 unspecified atom stereocenters. The average molecular weight is 2160 g/mol. The number of amides is 6. The molecule has 0 bridgehead atoms. The molecule has 8 aromatic rings. The number of nitrogens with zero attached hydrogens (tertiary/aromatic N) is 5. The Balaban J connectivity index is -0.000000182. The van der Waals surface area contributed by atoms with Crippen LogP contribution >= 0.6 is 25.1 Å². The molecule has 150 heavy (non-hydrogen) atoms. The van der Waals surface area contributed by atoms with Gasteiger partial charge in [0, 0.05) is 122 Å². The summed E-state index contributed by atoms with van der Waals surface area (Å²) >= 11 is 4.97. The van der Waals surface area contributed by atoms with Gasteiger partial charge in [0.25, 0.3) is 10.1 Å². The van der Waals surface area contributed by atoms with E-state index < -0.39 is 58.2 Å². The van der Waals surface area contributed by atoms with Crippen LogP contribution < -0.4 is 100 Å². The standard InChI is InChI=1S/C18H20N2O3.C18H20N2O2.C10H14N2O.C10H12N2.C9H16N2O2.C9H19NO5S.C8H7ClO2.C6H7BO2.2C4H8N2.C4H8O.C3H9NO.CN.5CH4.Na.H2S/c1-14(19-16-10-6-3-7-11-16)12-17(21)20-18(22)23-13-15-8-4-2-5-9-15;1-13-11-17(15-9-5-6-10-16(15)19-13)20-18(21)22-12-14-7-3-2-4-8-14;1-8(7-10(11)13)12-9-5-3-2-4-6-9;1-9(7-8-11)12-10-5-3-2-4-6-10;1-7(5-6-10)11-8(12)13-9(2,3)4;1-7(6-14-16(5,12)13)10-8(11)15-9(2,3)4;9-8(10)11-6-7-4-2-1-3-5-7;8-7(9)6-4-2-1-3-5-6;2*1-4(6)2-3-5;1-2-4-5-3-1;1-3(4)2-5;1-2;;;;;;;/h2-11,14,19H,12-13H2,1H3,(H,20,21,22);2-10,13,17,19H,11-12H2,1H3,(H,20,21);2-6,8,12H,7H2,1H3,(H2,11,13);2-6,9,12H,7H2,1H3;7H,5H2,1-4H3,(H,11,12);7H,6H2,1-5H3,(H,10,11);1-5H,6H2;1-5,8-9H;2*4H,2,6H2,1H3;1-4H2;3,5H,2,4H2,1H3;;5*1H4;;1H2/q;;;;;;;;;;;;-1;;;;;;+1;/t14-;13-,17+;8-;9-;2*7-;;;2*4-;;3-;;;;;;;;/m000000..00.0......../s1. The fourth-order valence-electron chi connectivity index (χ4n) is 10.6. The number of benzene rings is 8. The van der Waals surface area contributed by atoms with Crippen molar-refractivity contribution < 1.29 is 119 Å². The summed E-state index contributed by atoms with van der Waals surface area (Å²) in [5, 5.41) is 87.2. The number of hydrogen-bond donors (Lipinski definition) is 15. The van der Waals surface area contributed by atoms with Crippen molar-refractivity contribution in [2.75, 3.05) is 54.0 Å². The summed E-state index contributed by atoms with van der Waals surface area (Å²) in [5.74, 6) is -0.657. The van der Waals surface area contributed by atoms with Gasteiger partial charge >= 0.3 is 66.5 Å². The van der Waals surface area contributed by atoms with E-state index in [1.165, 1.54) is 12.8 Å². The first-order valence-corrected chi connectivity index (χ1v) is 48.1. The summed E-state index contributed by atoms with van der Waals surface area (Å²) in [6.07, 6.45) is 4.44. The number of nitrogens with one attached hydrogen (secondary N) is 8. The molecule has 2 aliphatic heterocycles. The molecule has 0 aliphatic carbocycles. The van der Waals surface area contributed by atoms with Crippen molar-refractivity contribution in [1.29, 1.82) is 26.3 Å². The van der Waals surface area contributed by atoms with E-state index in [0.717, 1.165) is 70.9 Å². The number of nitrogens with two attached hydrogens (primary N) is 4. The van der Waals surface area contributed by atoms with E-state index in [2.05, 4.69) is 64.4 Å². The first-order valence-electron chi connectivity index (χ1n) is 45.9. The number of halogens is 1. The zero-order valence-electron chi connectivity index (χ0n) is 86.4. The third-order valence-corrected chi connectivity index (χ3v) is 17.6. The average Bonchev–Trinajstić information content (AvgIpc) is 0.839. The molecule has 10 rings (SSSR count).